The average Bonchev–Trinajstić information content (AvgIpc) is 2.94. The van der Waals surface area contributed by atoms with Gasteiger partial charge >= 0.3 is 6.09 Å². The van der Waals surface area contributed by atoms with Crippen LogP contribution in [-0.4, -0.2) is 50.8 Å². The second-order valence-corrected chi connectivity index (χ2v) is 5.79. The van der Waals surface area contributed by atoms with E-state index in [2.05, 4.69) is 4.98 Å². The van der Waals surface area contributed by atoms with E-state index in [-0.39, 0.29) is 18.9 Å². The molecule has 1 unspecified atom stereocenters. The van der Waals surface area contributed by atoms with Gasteiger partial charge in [0.25, 0.3) is 5.91 Å². The van der Waals surface area contributed by atoms with Crippen LogP contribution in [0.2, 0.25) is 0 Å². The zero-order valence-electron chi connectivity index (χ0n) is 11.7. The number of ether oxygens (including phenoxy) is 1. The molecule has 2 atom stereocenters. The molecule has 20 heavy (non-hydrogen) atoms. The molecule has 0 radical (unpaired) electrons. The van der Waals surface area contributed by atoms with Crippen molar-refractivity contribution in [3.8, 4) is 0 Å². The Balaban J connectivity index is 2.14. The lowest BCUT2D eigenvalue weighted by Gasteiger charge is -2.27. The van der Waals surface area contributed by atoms with Gasteiger partial charge in [-0.15, -0.1) is 0 Å². The van der Waals surface area contributed by atoms with Crippen LogP contribution >= 0.6 is 0 Å². The van der Waals surface area contributed by atoms with Crippen molar-refractivity contribution in [2.45, 2.75) is 45.0 Å². The van der Waals surface area contributed by atoms with Crippen molar-refractivity contribution in [2.75, 3.05) is 6.54 Å². The second kappa shape index (κ2) is 5.22. The summed E-state index contributed by atoms with van der Waals surface area (Å²) < 4.78 is 20.1. The standard InChI is InChI=1S/C13H18FN3O3/c1-13(2,3)20-12(19)17-7-9(14)6-10(17)11(18)16-5-4-15-8-16/h4-5,8-10H,6-7H2,1-3H3/t9-,10?/m1/s1. The van der Waals surface area contributed by atoms with E-state index in [1.165, 1.54) is 23.3 Å². The second-order valence-electron chi connectivity index (χ2n) is 5.79. The van der Waals surface area contributed by atoms with Crippen LogP contribution in [0.4, 0.5) is 9.18 Å². The van der Waals surface area contributed by atoms with Crippen LogP contribution in [-0.2, 0) is 4.74 Å². The molecule has 1 aromatic rings. The molecule has 0 bridgehead atoms. The van der Waals surface area contributed by atoms with Crippen molar-refractivity contribution < 1.29 is 18.7 Å². The summed E-state index contributed by atoms with van der Waals surface area (Å²) in [6.45, 7) is 5.04. The molecule has 1 saturated heterocycles. The predicted molar refractivity (Wildman–Crippen MR) is 69.1 cm³/mol. The Labute approximate surface area is 116 Å². The number of imidazole rings is 1. The third-order valence-corrected chi connectivity index (χ3v) is 2.92. The van der Waals surface area contributed by atoms with Crippen LogP contribution < -0.4 is 0 Å². The van der Waals surface area contributed by atoms with Gasteiger partial charge in [-0.1, -0.05) is 0 Å². The van der Waals surface area contributed by atoms with Crippen LogP contribution in [0, 0.1) is 0 Å². The van der Waals surface area contributed by atoms with E-state index in [1.807, 2.05) is 0 Å². The highest BCUT2D eigenvalue weighted by atomic mass is 19.1. The molecule has 0 aromatic carbocycles. The summed E-state index contributed by atoms with van der Waals surface area (Å²) in [7, 11) is 0. The summed E-state index contributed by atoms with van der Waals surface area (Å²) in [5.41, 5.74) is -0.686. The van der Waals surface area contributed by atoms with Crippen LogP contribution in [0.5, 0.6) is 0 Å². The van der Waals surface area contributed by atoms with E-state index < -0.39 is 23.9 Å². The van der Waals surface area contributed by atoms with Gasteiger partial charge in [0, 0.05) is 18.8 Å². The monoisotopic (exact) mass is 283 g/mol. The molecule has 0 aliphatic carbocycles. The van der Waals surface area contributed by atoms with E-state index in [9.17, 15) is 14.0 Å². The first-order chi connectivity index (χ1) is 9.28. The molecule has 6 nitrogen and oxygen atoms in total. The summed E-state index contributed by atoms with van der Waals surface area (Å²) >= 11 is 0. The molecule has 1 aromatic heterocycles. The molecular weight excluding hydrogens is 265 g/mol. The summed E-state index contributed by atoms with van der Waals surface area (Å²) in [4.78, 5) is 29.2. The number of aromatic nitrogens is 2. The smallest absolute Gasteiger partial charge is 0.411 e. The van der Waals surface area contributed by atoms with E-state index in [0.29, 0.717) is 0 Å². The van der Waals surface area contributed by atoms with Crippen molar-refractivity contribution in [1.82, 2.24) is 14.5 Å². The van der Waals surface area contributed by atoms with E-state index >= 15 is 0 Å². The number of alkyl halides is 1. The molecule has 0 N–H and O–H groups in total. The quantitative estimate of drug-likeness (QED) is 0.789. The molecular formula is C13H18FN3O3. The Hall–Kier alpha value is -1.92. The van der Waals surface area contributed by atoms with Gasteiger partial charge in [0.1, 0.15) is 24.1 Å². The first-order valence-corrected chi connectivity index (χ1v) is 6.44. The number of hydrogen-bond donors (Lipinski definition) is 0. The maximum atomic E-state index is 13.6. The fraction of sp³-hybridized carbons (Fsp3) is 0.615. The first-order valence-electron chi connectivity index (χ1n) is 6.44. The summed E-state index contributed by atoms with van der Waals surface area (Å²) in [5.74, 6) is -0.381. The van der Waals surface area contributed by atoms with Crippen molar-refractivity contribution >= 4 is 12.0 Å². The molecule has 2 rings (SSSR count). The number of carbonyl (C=O) groups is 2. The van der Waals surface area contributed by atoms with Gasteiger partial charge in [-0.2, -0.15) is 0 Å². The molecule has 1 aliphatic heterocycles. The Morgan fingerprint density at radius 3 is 2.65 bits per heavy atom. The highest BCUT2D eigenvalue weighted by Crippen LogP contribution is 2.24. The highest BCUT2D eigenvalue weighted by Gasteiger charge is 2.42. The van der Waals surface area contributed by atoms with Crippen molar-refractivity contribution in [2.24, 2.45) is 0 Å². The summed E-state index contributed by atoms with van der Waals surface area (Å²) in [5, 5.41) is 0. The summed E-state index contributed by atoms with van der Waals surface area (Å²) in [6, 6.07) is -0.853. The van der Waals surface area contributed by atoms with Gasteiger partial charge in [-0.25, -0.2) is 14.2 Å². The minimum atomic E-state index is -1.22. The van der Waals surface area contributed by atoms with Gasteiger partial charge in [0.2, 0.25) is 0 Å². The van der Waals surface area contributed by atoms with Crippen molar-refractivity contribution in [1.29, 1.82) is 0 Å². The van der Waals surface area contributed by atoms with Gasteiger partial charge < -0.3 is 4.74 Å². The molecule has 1 fully saturated rings. The van der Waals surface area contributed by atoms with Gasteiger partial charge in [-0.3, -0.25) is 14.3 Å². The lowest BCUT2D eigenvalue weighted by atomic mass is 10.2. The average molecular weight is 283 g/mol. The third kappa shape index (κ3) is 3.15. The van der Waals surface area contributed by atoms with E-state index in [4.69, 9.17) is 4.74 Å². The van der Waals surface area contributed by atoms with Crippen LogP contribution in [0.25, 0.3) is 0 Å². The van der Waals surface area contributed by atoms with Crippen LogP contribution in [0.15, 0.2) is 18.7 Å². The molecule has 2 heterocycles. The molecule has 1 aliphatic rings. The minimum absolute atomic E-state index is 0.0176. The van der Waals surface area contributed by atoms with Gasteiger partial charge in [0.15, 0.2) is 0 Å². The number of amides is 1. The summed E-state index contributed by atoms with van der Waals surface area (Å²) in [6.07, 6.45) is 2.35. The van der Waals surface area contributed by atoms with Crippen LogP contribution in [0.3, 0.4) is 0 Å². The minimum Gasteiger partial charge on any atom is -0.444 e. The predicted octanol–water partition coefficient (Wildman–Crippen LogP) is 1.87. The maximum absolute atomic E-state index is 13.6. The van der Waals surface area contributed by atoms with E-state index in [0.717, 1.165) is 4.90 Å². The number of carbonyl (C=O) groups excluding carboxylic acids is 2. The zero-order valence-corrected chi connectivity index (χ0v) is 11.7. The largest absolute Gasteiger partial charge is 0.444 e. The number of likely N-dealkylation sites (tertiary alicyclic amines) is 1. The Kier molecular flexibility index (Phi) is 3.78. The third-order valence-electron chi connectivity index (χ3n) is 2.92. The molecule has 1 amide bonds. The number of rotatable bonds is 1. The Morgan fingerprint density at radius 2 is 2.10 bits per heavy atom. The molecule has 0 spiro atoms. The number of halogens is 1. The van der Waals surface area contributed by atoms with Gasteiger partial charge in [0.05, 0.1) is 6.54 Å². The Bertz CT molecular complexity index is 495. The molecule has 0 saturated carbocycles. The zero-order chi connectivity index (χ0) is 14.9. The topological polar surface area (TPSA) is 64.4 Å². The lowest BCUT2D eigenvalue weighted by molar-refractivity contribution is 0.0203. The first kappa shape index (κ1) is 14.5. The fourth-order valence-electron chi connectivity index (χ4n) is 2.10. The Morgan fingerprint density at radius 1 is 1.40 bits per heavy atom. The normalized spacial score (nSPS) is 22.9. The van der Waals surface area contributed by atoms with Crippen molar-refractivity contribution in [3.05, 3.63) is 18.7 Å². The maximum Gasteiger partial charge on any atom is 0.411 e. The SMILES string of the molecule is CC(C)(C)OC(=O)N1C[C@H](F)CC1C(=O)n1ccnc1. The number of hydrogen-bond acceptors (Lipinski definition) is 4. The van der Waals surface area contributed by atoms with E-state index in [1.54, 1.807) is 20.8 Å². The van der Waals surface area contributed by atoms with Gasteiger partial charge in [-0.05, 0) is 20.8 Å². The highest BCUT2D eigenvalue weighted by molar-refractivity contribution is 5.88. The van der Waals surface area contributed by atoms with Crippen molar-refractivity contribution in [3.63, 3.8) is 0 Å². The van der Waals surface area contributed by atoms with Crippen LogP contribution in [0.1, 0.15) is 32.0 Å². The fourth-order valence-corrected chi connectivity index (χ4v) is 2.10. The molecule has 7 heteroatoms. The number of nitrogens with zero attached hydrogens (tertiary/aromatic N) is 3. The molecule has 110 valence electrons. The lowest BCUT2D eigenvalue weighted by Crippen LogP contribution is -2.44.